The van der Waals surface area contributed by atoms with Crippen molar-refractivity contribution in [2.24, 2.45) is 0 Å². The van der Waals surface area contributed by atoms with E-state index in [4.69, 9.17) is 4.42 Å². The number of hydrogen-bond acceptors (Lipinski definition) is 5. The first kappa shape index (κ1) is 13.8. The van der Waals surface area contributed by atoms with Crippen molar-refractivity contribution in [1.82, 2.24) is 20.0 Å². The Labute approximate surface area is 123 Å². The fourth-order valence-corrected chi connectivity index (χ4v) is 2.36. The van der Waals surface area contributed by atoms with Crippen LogP contribution in [-0.4, -0.2) is 59.1 Å². The van der Waals surface area contributed by atoms with Gasteiger partial charge in [-0.3, -0.25) is 4.79 Å². The normalized spacial score (nSPS) is 16.2. The summed E-state index contributed by atoms with van der Waals surface area (Å²) in [4.78, 5) is 16.5. The van der Waals surface area contributed by atoms with Crippen LogP contribution in [0.4, 0.5) is 0 Å². The molecule has 0 bridgehead atoms. The molecule has 0 atom stereocenters. The second kappa shape index (κ2) is 5.65. The number of aromatic nitrogens is 2. The van der Waals surface area contributed by atoms with Crippen molar-refractivity contribution in [2.45, 2.75) is 6.92 Å². The van der Waals surface area contributed by atoms with Crippen LogP contribution in [0.1, 0.15) is 16.2 Å². The molecule has 1 aromatic carbocycles. The molecule has 1 aliphatic rings. The summed E-state index contributed by atoms with van der Waals surface area (Å²) in [5.41, 5.74) is 1.52. The molecule has 1 fully saturated rings. The monoisotopic (exact) mass is 286 g/mol. The number of piperazine rings is 1. The van der Waals surface area contributed by atoms with E-state index >= 15 is 0 Å². The summed E-state index contributed by atoms with van der Waals surface area (Å²) in [5, 5.41) is 7.78. The first-order valence-electron chi connectivity index (χ1n) is 7.02. The highest BCUT2D eigenvalue weighted by molar-refractivity contribution is 5.94. The Hall–Kier alpha value is -2.21. The van der Waals surface area contributed by atoms with Gasteiger partial charge in [0.2, 0.25) is 11.8 Å². The molecule has 3 rings (SSSR count). The summed E-state index contributed by atoms with van der Waals surface area (Å²) < 4.78 is 5.37. The zero-order valence-electron chi connectivity index (χ0n) is 12.2. The third-order valence-electron chi connectivity index (χ3n) is 3.70. The Morgan fingerprint density at radius 3 is 2.33 bits per heavy atom. The minimum Gasteiger partial charge on any atom is -0.421 e. The van der Waals surface area contributed by atoms with Gasteiger partial charge in [0, 0.05) is 44.2 Å². The fourth-order valence-electron chi connectivity index (χ4n) is 2.36. The highest BCUT2D eigenvalue weighted by Gasteiger charge is 2.20. The van der Waals surface area contributed by atoms with Gasteiger partial charge in [0.05, 0.1) is 0 Å². The highest BCUT2D eigenvalue weighted by Crippen LogP contribution is 2.19. The van der Waals surface area contributed by atoms with Crippen molar-refractivity contribution in [3.8, 4) is 11.5 Å². The molecule has 0 N–H and O–H groups in total. The van der Waals surface area contributed by atoms with Crippen molar-refractivity contribution in [1.29, 1.82) is 0 Å². The van der Waals surface area contributed by atoms with Crippen LogP contribution in [0.3, 0.4) is 0 Å². The van der Waals surface area contributed by atoms with Crippen LogP contribution in [0.5, 0.6) is 0 Å². The van der Waals surface area contributed by atoms with Crippen LogP contribution >= 0.6 is 0 Å². The van der Waals surface area contributed by atoms with Crippen molar-refractivity contribution in [3.05, 3.63) is 35.7 Å². The number of amides is 1. The molecular formula is C15H18N4O2. The van der Waals surface area contributed by atoms with E-state index < -0.39 is 0 Å². The van der Waals surface area contributed by atoms with Crippen molar-refractivity contribution in [2.75, 3.05) is 33.2 Å². The third-order valence-corrected chi connectivity index (χ3v) is 3.70. The Morgan fingerprint density at radius 1 is 1.10 bits per heavy atom. The molecule has 0 spiro atoms. The molecule has 2 aromatic rings. The van der Waals surface area contributed by atoms with E-state index in [2.05, 4.69) is 22.1 Å². The first-order valence-corrected chi connectivity index (χ1v) is 7.02. The maximum Gasteiger partial charge on any atom is 0.253 e. The second-order valence-electron chi connectivity index (χ2n) is 5.30. The Balaban J connectivity index is 1.73. The fraction of sp³-hybridized carbons (Fsp3) is 0.400. The molecule has 2 heterocycles. The SMILES string of the molecule is Cc1nnc(-c2ccc(C(=O)N3CCN(C)CC3)cc2)o1. The van der Waals surface area contributed by atoms with Gasteiger partial charge in [-0.15, -0.1) is 10.2 Å². The van der Waals surface area contributed by atoms with Crippen LogP contribution in [0, 0.1) is 6.92 Å². The van der Waals surface area contributed by atoms with Gasteiger partial charge >= 0.3 is 0 Å². The third kappa shape index (κ3) is 2.95. The number of aryl methyl sites for hydroxylation is 1. The molecule has 6 heteroatoms. The summed E-state index contributed by atoms with van der Waals surface area (Å²) in [5.74, 6) is 1.09. The predicted octanol–water partition coefficient (Wildman–Crippen LogP) is 1.43. The standard InChI is InChI=1S/C15H18N4O2/c1-11-16-17-14(21-11)12-3-5-13(6-4-12)15(20)19-9-7-18(2)8-10-19/h3-6H,7-10H2,1-2H3. The molecule has 1 aliphatic heterocycles. The number of nitrogens with zero attached hydrogens (tertiary/aromatic N) is 4. The number of carbonyl (C=O) groups excluding carboxylic acids is 1. The maximum absolute atomic E-state index is 12.4. The summed E-state index contributed by atoms with van der Waals surface area (Å²) in [7, 11) is 2.07. The van der Waals surface area contributed by atoms with Gasteiger partial charge in [-0.05, 0) is 31.3 Å². The van der Waals surface area contributed by atoms with E-state index in [-0.39, 0.29) is 5.91 Å². The van der Waals surface area contributed by atoms with Gasteiger partial charge in [0.1, 0.15) is 0 Å². The second-order valence-corrected chi connectivity index (χ2v) is 5.30. The lowest BCUT2D eigenvalue weighted by atomic mass is 10.1. The zero-order valence-corrected chi connectivity index (χ0v) is 12.2. The average molecular weight is 286 g/mol. The van der Waals surface area contributed by atoms with Crippen LogP contribution in [0.2, 0.25) is 0 Å². The highest BCUT2D eigenvalue weighted by atomic mass is 16.4. The molecule has 0 unspecified atom stereocenters. The van der Waals surface area contributed by atoms with Crippen LogP contribution in [0.15, 0.2) is 28.7 Å². The van der Waals surface area contributed by atoms with E-state index in [9.17, 15) is 4.79 Å². The number of carbonyl (C=O) groups is 1. The van der Waals surface area contributed by atoms with Crippen molar-refractivity contribution in [3.63, 3.8) is 0 Å². The molecule has 0 aliphatic carbocycles. The predicted molar refractivity (Wildman–Crippen MR) is 77.9 cm³/mol. The van der Waals surface area contributed by atoms with E-state index in [1.54, 1.807) is 6.92 Å². The van der Waals surface area contributed by atoms with Gasteiger partial charge in [-0.1, -0.05) is 0 Å². The Kier molecular flexibility index (Phi) is 3.70. The molecular weight excluding hydrogens is 268 g/mol. The van der Waals surface area contributed by atoms with Gasteiger partial charge in [0.25, 0.3) is 5.91 Å². The molecule has 0 saturated carbocycles. The molecule has 6 nitrogen and oxygen atoms in total. The Bertz CT molecular complexity index is 627. The summed E-state index contributed by atoms with van der Waals surface area (Å²) >= 11 is 0. The molecule has 21 heavy (non-hydrogen) atoms. The molecule has 0 radical (unpaired) electrons. The zero-order chi connectivity index (χ0) is 14.8. The molecule has 1 aromatic heterocycles. The summed E-state index contributed by atoms with van der Waals surface area (Å²) in [6, 6.07) is 7.32. The van der Waals surface area contributed by atoms with Gasteiger partial charge in [-0.25, -0.2) is 0 Å². The topological polar surface area (TPSA) is 62.5 Å². The molecule has 110 valence electrons. The largest absolute Gasteiger partial charge is 0.421 e. The van der Waals surface area contributed by atoms with Gasteiger partial charge in [-0.2, -0.15) is 0 Å². The van der Waals surface area contributed by atoms with Crippen molar-refractivity contribution >= 4 is 5.91 Å². The van der Waals surface area contributed by atoms with Crippen LogP contribution in [-0.2, 0) is 0 Å². The van der Waals surface area contributed by atoms with E-state index in [1.165, 1.54) is 0 Å². The summed E-state index contributed by atoms with van der Waals surface area (Å²) in [6.45, 7) is 5.15. The lowest BCUT2D eigenvalue weighted by Crippen LogP contribution is -2.47. The minimum atomic E-state index is 0.0800. The molecule has 1 amide bonds. The lowest BCUT2D eigenvalue weighted by molar-refractivity contribution is 0.0664. The van der Waals surface area contributed by atoms with Gasteiger partial charge < -0.3 is 14.2 Å². The number of rotatable bonds is 2. The Morgan fingerprint density at radius 2 is 1.76 bits per heavy atom. The van der Waals surface area contributed by atoms with Crippen LogP contribution in [0.25, 0.3) is 11.5 Å². The van der Waals surface area contributed by atoms with E-state index in [0.717, 1.165) is 31.7 Å². The van der Waals surface area contributed by atoms with E-state index in [0.29, 0.717) is 17.3 Å². The quantitative estimate of drug-likeness (QED) is 0.836. The molecule has 1 saturated heterocycles. The smallest absolute Gasteiger partial charge is 0.253 e. The number of hydrogen-bond donors (Lipinski definition) is 0. The summed E-state index contributed by atoms with van der Waals surface area (Å²) in [6.07, 6.45) is 0. The van der Waals surface area contributed by atoms with Crippen LogP contribution < -0.4 is 0 Å². The lowest BCUT2D eigenvalue weighted by Gasteiger charge is -2.32. The maximum atomic E-state index is 12.4. The minimum absolute atomic E-state index is 0.0800. The van der Waals surface area contributed by atoms with Crippen molar-refractivity contribution < 1.29 is 9.21 Å². The van der Waals surface area contributed by atoms with Gasteiger partial charge in [0.15, 0.2) is 0 Å². The first-order chi connectivity index (χ1) is 10.1. The number of likely N-dealkylation sites (N-methyl/N-ethyl adjacent to an activating group) is 1. The average Bonchev–Trinajstić information content (AvgIpc) is 2.94. The number of benzene rings is 1. The van der Waals surface area contributed by atoms with E-state index in [1.807, 2.05) is 29.2 Å².